The average molecular weight is 293 g/mol. The van der Waals surface area contributed by atoms with Gasteiger partial charge in [0.15, 0.2) is 0 Å². The predicted molar refractivity (Wildman–Crippen MR) is 89.7 cm³/mol. The third-order valence-electron chi connectivity index (χ3n) is 3.12. The van der Waals surface area contributed by atoms with Crippen molar-refractivity contribution in [2.75, 3.05) is 38.3 Å². The highest BCUT2D eigenvalue weighted by Crippen LogP contribution is 2.15. The van der Waals surface area contributed by atoms with E-state index in [1.165, 1.54) is 5.56 Å². The molecule has 21 heavy (non-hydrogen) atoms. The number of rotatable bonds is 10. The first kappa shape index (κ1) is 17.9. The molecule has 1 N–H and O–H groups in total. The second-order valence-corrected chi connectivity index (χ2v) is 6.39. The molecule has 4 nitrogen and oxygen atoms in total. The Balaban J connectivity index is 2.59. The van der Waals surface area contributed by atoms with Gasteiger partial charge in [0, 0.05) is 39.5 Å². The van der Waals surface area contributed by atoms with Crippen molar-refractivity contribution < 1.29 is 4.74 Å². The van der Waals surface area contributed by atoms with Crippen LogP contribution >= 0.6 is 0 Å². The van der Waals surface area contributed by atoms with Crippen LogP contribution in [0.2, 0.25) is 0 Å². The van der Waals surface area contributed by atoms with Gasteiger partial charge in [-0.15, -0.1) is 0 Å². The SMILES string of the molecule is COCCNCc1ccc(N(CC(C)C)CC(C)C)nc1. The zero-order valence-electron chi connectivity index (χ0n) is 14.2. The van der Waals surface area contributed by atoms with Gasteiger partial charge < -0.3 is 15.0 Å². The highest BCUT2D eigenvalue weighted by Gasteiger charge is 2.11. The maximum Gasteiger partial charge on any atom is 0.128 e. The van der Waals surface area contributed by atoms with E-state index in [-0.39, 0.29) is 0 Å². The number of ether oxygens (including phenoxy) is 1. The second kappa shape index (κ2) is 9.74. The Morgan fingerprint density at radius 1 is 1.14 bits per heavy atom. The zero-order valence-corrected chi connectivity index (χ0v) is 14.2. The number of hydrogen-bond acceptors (Lipinski definition) is 4. The van der Waals surface area contributed by atoms with Gasteiger partial charge in [0.2, 0.25) is 0 Å². The molecule has 1 aromatic heterocycles. The molecular formula is C17H31N3O. The van der Waals surface area contributed by atoms with Crippen LogP contribution in [0, 0.1) is 11.8 Å². The molecule has 0 bridgehead atoms. The van der Waals surface area contributed by atoms with Gasteiger partial charge in [0.25, 0.3) is 0 Å². The van der Waals surface area contributed by atoms with E-state index in [2.05, 4.69) is 55.0 Å². The molecule has 120 valence electrons. The Labute approximate surface area is 129 Å². The van der Waals surface area contributed by atoms with E-state index in [1.54, 1.807) is 7.11 Å². The molecule has 0 atom stereocenters. The average Bonchev–Trinajstić information content (AvgIpc) is 2.42. The first-order valence-corrected chi connectivity index (χ1v) is 7.92. The van der Waals surface area contributed by atoms with E-state index < -0.39 is 0 Å². The molecule has 1 aromatic rings. The summed E-state index contributed by atoms with van der Waals surface area (Å²) in [5.74, 6) is 2.36. The van der Waals surface area contributed by atoms with Gasteiger partial charge in [-0.1, -0.05) is 33.8 Å². The van der Waals surface area contributed by atoms with Gasteiger partial charge in [-0.25, -0.2) is 4.98 Å². The number of nitrogens with one attached hydrogen (secondary N) is 1. The molecule has 0 radical (unpaired) electrons. The van der Waals surface area contributed by atoms with E-state index in [1.807, 2.05) is 6.20 Å². The Kier molecular flexibility index (Phi) is 8.31. The van der Waals surface area contributed by atoms with Crippen molar-refractivity contribution in [1.29, 1.82) is 0 Å². The number of hydrogen-bond donors (Lipinski definition) is 1. The van der Waals surface area contributed by atoms with Crippen LogP contribution in [0.1, 0.15) is 33.3 Å². The normalized spacial score (nSPS) is 11.4. The van der Waals surface area contributed by atoms with Crippen molar-refractivity contribution in [3.05, 3.63) is 23.9 Å². The molecule has 1 heterocycles. The molecular weight excluding hydrogens is 262 g/mol. The van der Waals surface area contributed by atoms with Crippen molar-refractivity contribution in [3.63, 3.8) is 0 Å². The van der Waals surface area contributed by atoms with E-state index in [0.717, 1.165) is 38.6 Å². The fourth-order valence-corrected chi connectivity index (χ4v) is 2.26. The number of anilines is 1. The van der Waals surface area contributed by atoms with Crippen LogP contribution in [0.15, 0.2) is 18.3 Å². The van der Waals surface area contributed by atoms with Crippen LogP contribution in [0.25, 0.3) is 0 Å². The largest absolute Gasteiger partial charge is 0.383 e. The summed E-state index contributed by atoms with van der Waals surface area (Å²) in [4.78, 5) is 7.03. The van der Waals surface area contributed by atoms with Crippen LogP contribution < -0.4 is 10.2 Å². The van der Waals surface area contributed by atoms with Gasteiger partial charge in [0.1, 0.15) is 5.82 Å². The minimum atomic E-state index is 0.640. The molecule has 4 heteroatoms. The van der Waals surface area contributed by atoms with Gasteiger partial charge in [-0.3, -0.25) is 0 Å². The summed E-state index contributed by atoms with van der Waals surface area (Å²) in [6.07, 6.45) is 1.97. The van der Waals surface area contributed by atoms with Crippen LogP contribution in [0.3, 0.4) is 0 Å². The van der Waals surface area contributed by atoms with Crippen molar-refractivity contribution in [2.45, 2.75) is 34.2 Å². The van der Waals surface area contributed by atoms with Crippen molar-refractivity contribution in [2.24, 2.45) is 11.8 Å². The maximum absolute atomic E-state index is 5.02. The quantitative estimate of drug-likeness (QED) is 0.673. The summed E-state index contributed by atoms with van der Waals surface area (Å²) < 4.78 is 5.02. The van der Waals surface area contributed by atoms with Crippen molar-refractivity contribution in [1.82, 2.24) is 10.3 Å². The number of methoxy groups -OCH3 is 1. The van der Waals surface area contributed by atoms with Crippen LogP contribution in [0.4, 0.5) is 5.82 Å². The van der Waals surface area contributed by atoms with Gasteiger partial charge in [0.05, 0.1) is 6.61 Å². The fraction of sp³-hybridized carbons (Fsp3) is 0.706. The number of nitrogens with zero attached hydrogens (tertiary/aromatic N) is 2. The lowest BCUT2D eigenvalue weighted by Gasteiger charge is -2.27. The fourth-order valence-electron chi connectivity index (χ4n) is 2.26. The standard InChI is InChI=1S/C17H31N3O/c1-14(2)12-20(13-15(3)4)17-7-6-16(11-19-17)10-18-8-9-21-5/h6-7,11,14-15,18H,8-10,12-13H2,1-5H3. The van der Waals surface area contributed by atoms with Gasteiger partial charge in [-0.2, -0.15) is 0 Å². The summed E-state index contributed by atoms with van der Waals surface area (Å²) >= 11 is 0. The summed E-state index contributed by atoms with van der Waals surface area (Å²) in [7, 11) is 1.72. The number of pyridine rings is 1. The van der Waals surface area contributed by atoms with Crippen LogP contribution in [0.5, 0.6) is 0 Å². The lowest BCUT2D eigenvalue weighted by Crippen LogP contribution is -2.32. The molecule has 0 saturated heterocycles. The molecule has 0 aromatic carbocycles. The summed E-state index contributed by atoms with van der Waals surface area (Å²) in [5, 5.41) is 3.34. The smallest absolute Gasteiger partial charge is 0.128 e. The first-order chi connectivity index (χ1) is 10.0. The van der Waals surface area contributed by atoms with E-state index in [4.69, 9.17) is 4.74 Å². The van der Waals surface area contributed by atoms with E-state index in [9.17, 15) is 0 Å². The van der Waals surface area contributed by atoms with Crippen molar-refractivity contribution in [3.8, 4) is 0 Å². The molecule has 0 aliphatic heterocycles. The lowest BCUT2D eigenvalue weighted by molar-refractivity contribution is 0.199. The topological polar surface area (TPSA) is 37.4 Å². The van der Waals surface area contributed by atoms with Crippen LogP contribution in [-0.4, -0.2) is 38.3 Å². The Hall–Kier alpha value is -1.13. The molecule has 0 aliphatic carbocycles. The Bertz CT molecular complexity index is 366. The Morgan fingerprint density at radius 2 is 1.81 bits per heavy atom. The van der Waals surface area contributed by atoms with Gasteiger partial charge >= 0.3 is 0 Å². The third kappa shape index (κ3) is 7.44. The predicted octanol–water partition coefficient (Wildman–Crippen LogP) is 2.94. The Morgan fingerprint density at radius 3 is 2.29 bits per heavy atom. The monoisotopic (exact) mass is 293 g/mol. The molecule has 0 spiro atoms. The minimum Gasteiger partial charge on any atom is -0.383 e. The highest BCUT2D eigenvalue weighted by atomic mass is 16.5. The molecule has 0 saturated carbocycles. The first-order valence-electron chi connectivity index (χ1n) is 7.92. The van der Waals surface area contributed by atoms with E-state index in [0.29, 0.717) is 11.8 Å². The summed E-state index contributed by atoms with van der Waals surface area (Å²) in [5.41, 5.74) is 1.21. The maximum atomic E-state index is 5.02. The molecule has 1 rings (SSSR count). The lowest BCUT2D eigenvalue weighted by atomic mass is 10.1. The minimum absolute atomic E-state index is 0.640. The second-order valence-electron chi connectivity index (χ2n) is 6.39. The molecule has 0 unspecified atom stereocenters. The van der Waals surface area contributed by atoms with Gasteiger partial charge in [-0.05, 0) is 23.5 Å². The van der Waals surface area contributed by atoms with E-state index >= 15 is 0 Å². The molecule has 0 aliphatic rings. The highest BCUT2D eigenvalue weighted by molar-refractivity contribution is 5.39. The van der Waals surface area contributed by atoms with Crippen LogP contribution in [-0.2, 0) is 11.3 Å². The summed E-state index contributed by atoms with van der Waals surface area (Å²) in [6, 6.07) is 4.30. The number of aromatic nitrogens is 1. The summed E-state index contributed by atoms with van der Waals surface area (Å²) in [6.45, 7) is 13.6. The third-order valence-corrected chi connectivity index (χ3v) is 3.12. The molecule has 0 fully saturated rings. The van der Waals surface area contributed by atoms with Crippen molar-refractivity contribution >= 4 is 5.82 Å². The zero-order chi connectivity index (χ0) is 15.7. The molecule has 0 amide bonds.